The zero-order chi connectivity index (χ0) is 24.0. The van der Waals surface area contributed by atoms with Gasteiger partial charge >= 0.3 is 6.18 Å². The fraction of sp³-hybridized carbons (Fsp3) is 0.0952. The highest BCUT2D eigenvalue weighted by Gasteiger charge is 2.35. The third-order valence-electron chi connectivity index (χ3n) is 4.84. The average Bonchev–Trinajstić information content (AvgIpc) is 3.02. The molecule has 1 aromatic heterocycles. The van der Waals surface area contributed by atoms with Crippen LogP contribution in [0.4, 0.5) is 27.6 Å². The molecule has 4 rings (SSSR count). The zero-order valence-corrected chi connectivity index (χ0v) is 17.3. The maximum atomic E-state index is 14.7. The Morgan fingerprint density at radius 3 is 2.30 bits per heavy atom. The number of benzene rings is 3. The van der Waals surface area contributed by atoms with E-state index >= 15 is 0 Å². The molecule has 4 aromatic rings. The summed E-state index contributed by atoms with van der Waals surface area (Å²) in [6.07, 6.45) is -5.13. The van der Waals surface area contributed by atoms with Crippen LogP contribution in [-0.4, -0.2) is 18.2 Å². The van der Waals surface area contributed by atoms with E-state index in [2.05, 4.69) is 5.10 Å². The Bertz CT molecular complexity index is 1510. The Morgan fingerprint density at radius 2 is 1.64 bits per heavy atom. The number of alkyl halides is 3. The number of nitrogens with one attached hydrogen (secondary N) is 2. The van der Waals surface area contributed by atoms with Crippen LogP contribution in [-0.2, 0) is 22.7 Å². The van der Waals surface area contributed by atoms with Crippen LogP contribution in [0, 0.1) is 11.6 Å². The molecule has 172 valence electrons. The molecular weight excluding hydrogens is 469 g/mol. The molecule has 0 fully saturated rings. The van der Waals surface area contributed by atoms with Gasteiger partial charge in [0.1, 0.15) is 11.6 Å². The number of nitrogens with zero attached hydrogens (tertiary/aromatic N) is 1. The highest BCUT2D eigenvalue weighted by Crippen LogP contribution is 2.33. The number of aromatic amines is 1. The molecule has 12 heteroatoms. The molecule has 0 aliphatic rings. The summed E-state index contributed by atoms with van der Waals surface area (Å²) in [4.78, 5) is 11.4. The van der Waals surface area contributed by atoms with Crippen molar-refractivity contribution < 1.29 is 30.4 Å². The number of aromatic nitrogens is 2. The highest BCUT2D eigenvalue weighted by molar-refractivity contribution is 7.92. The molecule has 0 saturated heterocycles. The molecule has 0 spiro atoms. The van der Waals surface area contributed by atoms with Crippen molar-refractivity contribution in [3.8, 4) is 0 Å². The van der Waals surface area contributed by atoms with Crippen LogP contribution >= 0.6 is 0 Å². The molecule has 0 unspecified atom stereocenters. The standard InChI is InChI=1S/C21H14F5N3O3S/c22-16-7-6-13(8-15(16)21(24,25)26)33(31,32)28-18-9-14-19(10-17(18)23)29(27-20(14)30)11-12-4-2-1-3-5-12/h1-10,28H,11H2,(H,27,30). The van der Waals surface area contributed by atoms with E-state index in [4.69, 9.17) is 0 Å². The lowest BCUT2D eigenvalue weighted by Gasteiger charge is -2.13. The number of rotatable bonds is 5. The number of H-pyrrole nitrogens is 1. The van der Waals surface area contributed by atoms with Crippen molar-refractivity contribution in [2.24, 2.45) is 0 Å². The molecule has 0 saturated carbocycles. The van der Waals surface area contributed by atoms with Gasteiger partial charge in [0.05, 0.1) is 33.6 Å². The molecule has 3 aromatic carbocycles. The monoisotopic (exact) mass is 483 g/mol. The fourth-order valence-corrected chi connectivity index (χ4v) is 4.36. The largest absolute Gasteiger partial charge is 0.419 e. The Hall–Kier alpha value is -3.67. The molecule has 33 heavy (non-hydrogen) atoms. The van der Waals surface area contributed by atoms with Gasteiger partial charge in [-0.3, -0.25) is 19.3 Å². The molecule has 2 N–H and O–H groups in total. The summed E-state index contributed by atoms with van der Waals surface area (Å²) in [7, 11) is -4.73. The molecule has 0 radical (unpaired) electrons. The van der Waals surface area contributed by atoms with E-state index < -0.39 is 49.5 Å². The van der Waals surface area contributed by atoms with Crippen LogP contribution in [0.3, 0.4) is 0 Å². The second-order valence-electron chi connectivity index (χ2n) is 7.11. The summed E-state index contributed by atoms with van der Waals surface area (Å²) < 4.78 is 95.3. The minimum atomic E-state index is -5.13. The molecule has 0 aliphatic carbocycles. The smallest absolute Gasteiger partial charge is 0.280 e. The van der Waals surface area contributed by atoms with Crippen LogP contribution in [0.5, 0.6) is 0 Å². The van der Waals surface area contributed by atoms with E-state index in [1.54, 1.807) is 30.3 Å². The number of hydrogen-bond donors (Lipinski definition) is 2. The van der Waals surface area contributed by atoms with Gasteiger partial charge in [-0.15, -0.1) is 0 Å². The summed E-state index contributed by atoms with van der Waals surface area (Å²) in [6.45, 7) is 0.208. The highest BCUT2D eigenvalue weighted by atomic mass is 32.2. The van der Waals surface area contributed by atoms with E-state index in [-0.39, 0.29) is 23.5 Å². The Labute approximate surface area is 183 Å². The summed E-state index contributed by atoms with van der Waals surface area (Å²) in [5, 5.41) is 2.49. The molecule has 1 heterocycles. The van der Waals surface area contributed by atoms with Crippen LogP contribution in [0.15, 0.2) is 70.4 Å². The van der Waals surface area contributed by atoms with Gasteiger partial charge in [0, 0.05) is 6.07 Å². The van der Waals surface area contributed by atoms with E-state index in [0.717, 1.165) is 17.7 Å². The first-order chi connectivity index (χ1) is 15.5. The third kappa shape index (κ3) is 4.46. The molecule has 0 aliphatic heterocycles. The van der Waals surface area contributed by atoms with E-state index in [1.165, 1.54) is 4.68 Å². The van der Waals surface area contributed by atoms with Crippen molar-refractivity contribution in [2.75, 3.05) is 4.72 Å². The van der Waals surface area contributed by atoms with Gasteiger partial charge in [0.15, 0.2) is 0 Å². The summed E-state index contributed by atoms with van der Waals surface area (Å²) in [5.74, 6) is -2.72. The molecule has 0 amide bonds. The van der Waals surface area contributed by atoms with Crippen LogP contribution in [0.1, 0.15) is 11.1 Å². The second kappa shape index (κ2) is 8.03. The van der Waals surface area contributed by atoms with Crippen LogP contribution < -0.4 is 10.3 Å². The topological polar surface area (TPSA) is 84.0 Å². The van der Waals surface area contributed by atoms with Gasteiger partial charge in [-0.25, -0.2) is 17.2 Å². The predicted molar refractivity (Wildman–Crippen MR) is 110 cm³/mol. The Morgan fingerprint density at radius 1 is 0.939 bits per heavy atom. The quantitative estimate of drug-likeness (QED) is 0.411. The van der Waals surface area contributed by atoms with Gasteiger partial charge in [-0.2, -0.15) is 13.2 Å². The SMILES string of the molecule is O=c1[nH]n(Cc2ccccc2)c2cc(F)c(NS(=O)(=O)c3ccc(F)c(C(F)(F)F)c3)cc12. The fourth-order valence-electron chi connectivity index (χ4n) is 3.27. The number of halogens is 5. The van der Waals surface area contributed by atoms with Gasteiger partial charge in [-0.05, 0) is 29.8 Å². The Kier molecular flexibility index (Phi) is 5.48. The average molecular weight is 483 g/mol. The lowest BCUT2D eigenvalue weighted by atomic mass is 10.2. The van der Waals surface area contributed by atoms with Crippen LogP contribution in [0.2, 0.25) is 0 Å². The number of fused-ring (bicyclic) bond motifs is 1. The zero-order valence-electron chi connectivity index (χ0n) is 16.5. The van der Waals surface area contributed by atoms with Gasteiger partial charge in [-0.1, -0.05) is 30.3 Å². The van der Waals surface area contributed by atoms with Crippen LogP contribution in [0.25, 0.3) is 10.9 Å². The van der Waals surface area contributed by atoms with Crippen molar-refractivity contribution in [2.45, 2.75) is 17.6 Å². The van der Waals surface area contributed by atoms with Crippen molar-refractivity contribution in [1.82, 2.24) is 9.78 Å². The molecular formula is C21H14F5N3O3S. The third-order valence-corrected chi connectivity index (χ3v) is 6.20. The first-order valence-electron chi connectivity index (χ1n) is 9.31. The van der Waals surface area contributed by atoms with Crippen molar-refractivity contribution in [3.05, 3.63) is 93.8 Å². The van der Waals surface area contributed by atoms with E-state index in [1.807, 2.05) is 4.72 Å². The maximum Gasteiger partial charge on any atom is 0.419 e. The number of anilines is 1. The Balaban J connectivity index is 1.72. The van der Waals surface area contributed by atoms with Gasteiger partial charge < -0.3 is 0 Å². The van der Waals surface area contributed by atoms with E-state index in [9.17, 15) is 35.2 Å². The summed E-state index contributed by atoms with van der Waals surface area (Å²) in [6, 6.07) is 11.9. The molecule has 6 nitrogen and oxygen atoms in total. The number of hydrogen-bond acceptors (Lipinski definition) is 3. The lowest BCUT2D eigenvalue weighted by Crippen LogP contribution is -2.16. The van der Waals surface area contributed by atoms with Crippen molar-refractivity contribution >= 4 is 26.6 Å². The minimum Gasteiger partial charge on any atom is -0.280 e. The summed E-state index contributed by atoms with van der Waals surface area (Å²) in [5.41, 5.74) is -2.08. The van der Waals surface area contributed by atoms with Crippen molar-refractivity contribution in [3.63, 3.8) is 0 Å². The van der Waals surface area contributed by atoms with Gasteiger partial charge in [0.2, 0.25) is 0 Å². The molecule has 0 atom stereocenters. The predicted octanol–water partition coefficient (Wildman–Crippen LogP) is 4.48. The number of sulfonamides is 1. The lowest BCUT2D eigenvalue weighted by molar-refractivity contribution is -0.140. The second-order valence-corrected chi connectivity index (χ2v) is 8.79. The maximum absolute atomic E-state index is 14.7. The van der Waals surface area contributed by atoms with Gasteiger partial charge in [0.25, 0.3) is 15.6 Å². The first-order valence-corrected chi connectivity index (χ1v) is 10.8. The van der Waals surface area contributed by atoms with E-state index in [0.29, 0.717) is 12.1 Å². The first kappa shape index (κ1) is 22.5. The summed E-state index contributed by atoms with van der Waals surface area (Å²) >= 11 is 0. The van der Waals surface area contributed by atoms with Crippen molar-refractivity contribution in [1.29, 1.82) is 0 Å². The normalized spacial score (nSPS) is 12.3. The molecule has 0 bridgehead atoms. The minimum absolute atomic E-state index is 0.0416.